The molecular weight excluding hydrogens is 306 g/mol. The average molecular weight is 327 g/mol. The number of thioether (sulfide) groups is 1. The van der Waals surface area contributed by atoms with Gasteiger partial charge in [0.1, 0.15) is 5.84 Å². The first-order valence-electron chi connectivity index (χ1n) is 6.85. The van der Waals surface area contributed by atoms with Crippen molar-refractivity contribution in [3.8, 4) is 0 Å². The van der Waals surface area contributed by atoms with Crippen LogP contribution in [0.15, 0.2) is 29.2 Å². The summed E-state index contributed by atoms with van der Waals surface area (Å²) in [5.41, 5.74) is 5.85. The zero-order valence-electron chi connectivity index (χ0n) is 12.1. The zero-order chi connectivity index (χ0) is 15.5. The lowest BCUT2D eigenvalue weighted by molar-refractivity contribution is 0.277. The van der Waals surface area contributed by atoms with Crippen molar-refractivity contribution in [2.75, 3.05) is 30.9 Å². The minimum absolute atomic E-state index is 0.0893. The Hall–Kier alpha value is -1.05. The number of rotatable bonds is 6. The van der Waals surface area contributed by atoms with Gasteiger partial charge in [0.25, 0.3) is 0 Å². The van der Waals surface area contributed by atoms with E-state index in [-0.39, 0.29) is 16.5 Å². The van der Waals surface area contributed by atoms with Crippen LogP contribution < -0.4 is 5.73 Å². The summed E-state index contributed by atoms with van der Waals surface area (Å²) in [6.45, 7) is 0.526. The summed E-state index contributed by atoms with van der Waals surface area (Å²) in [6.07, 6.45) is 1.13. The predicted octanol–water partition coefficient (Wildman–Crippen LogP) is 1.18. The first-order chi connectivity index (χ1) is 9.90. The minimum atomic E-state index is -3.34. The second-order valence-electron chi connectivity index (χ2n) is 5.26. The Balaban J connectivity index is 2.04. The third-order valence-electron chi connectivity index (χ3n) is 3.75. The van der Waals surface area contributed by atoms with E-state index >= 15 is 0 Å². The molecule has 1 fully saturated rings. The second-order valence-corrected chi connectivity index (χ2v) is 8.52. The normalized spacial score (nSPS) is 19.0. The Kier molecular flexibility index (Phi) is 5.29. The molecular formula is C14H21N3O2S2. The molecule has 1 atom stereocenters. The maximum Gasteiger partial charge on any atom is 0.179 e. The fraction of sp³-hybridized carbons (Fsp3) is 0.500. The number of sulfone groups is 1. The van der Waals surface area contributed by atoms with Crippen LogP contribution in [-0.4, -0.2) is 56.0 Å². The molecule has 2 rings (SSSR count). The van der Waals surface area contributed by atoms with Crippen LogP contribution in [-0.2, 0) is 9.84 Å². The highest BCUT2D eigenvalue weighted by Crippen LogP contribution is 2.21. The summed E-state index contributed by atoms with van der Waals surface area (Å²) in [7, 11) is -1.36. The van der Waals surface area contributed by atoms with Gasteiger partial charge in [-0.15, -0.1) is 0 Å². The molecule has 1 aromatic rings. The summed E-state index contributed by atoms with van der Waals surface area (Å²) in [6, 6.07) is 6.79. The summed E-state index contributed by atoms with van der Waals surface area (Å²) >= 11 is 1.92. The molecule has 7 heteroatoms. The highest BCUT2D eigenvalue weighted by Gasteiger charge is 2.22. The van der Waals surface area contributed by atoms with Crippen molar-refractivity contribution < 1.29 is 8.42 Å². The van der Waals surface area contributed by atoms with Gasteiger partial charge < -0.3 is 10.6 Å². The number of nitrogens with zero attached hydrogens (tertiary/aromatic N) is 1. The van der Waals surface area contributed by atoms with Crippen LogP contribution in [0.1, 0.15) is 12.0 Å². The molecule has 0 radical (unpaired) electrons. The smallest absolute Gasteiger partial charge is 0.179 e. The molecule has 116 valence electrons. The third-order valence-corrected chi connectivity index (χ3v) is 6.58. The number of nitrogens with one attached hydrogen (secondary N) is 1. The molecule has 1 heterocycles. The van der Waals surface area contributed by atoms with Gasteiger partial charge in [0.05, 0.1) is 10.6 Å². The van der Waals surface area contributed by atoms with E-state index in [2.05, 4.69) is 4.90 Å². The Labute approximate surface area is 130 Å². The van der Waals surface area contributed by atoms with Crippen LogP contribution in [0.3, 0.4) is 0 Å². The van der Waals surface area contributed by atoms with Gasteiger partial charge in [0.15, 0.2) is 9.84 Å². The largest absolute Gasteiger partial charge is 0.384 e. The van der Waals surface area contributed by atoms with E-state index in [4.69, 9.17) is 11.1 Å². The van der Waals surface area contributed by atoms with Gasteiger partial charge in [0, 0.05) is 23.9 Å². The molecule has 5 nitrogen and oxygen atoms in total. The van der Waals surface area contributed by atoms with E-state index in [0.717, 1.165) is 17.9 Å². The van der Waals surface area contributed by atoms with E-state index in [9.17, 15) is 8.42 Å². The molecule has 0 spiro atoms. The monoisotopic (exact) mass is 327 g/mol. The standard InChI is InChI=1S/C14H21N3O2S2/c1-17(12-5-7-20-10-12)6-8-21(18,19)13-4-2-3-11(9-13)14(15)16/h2-4,9,12H,5-8,10H2,1H3,(H3,15,16). The van der Waals surface area contributed by atoms with E-state index in [1.54, 1.807) is 18.2 Å². The van der Waals surface area contributed by atoms with E-state index in [0.29, 0.717) is 18.2 Å². The molecule has 21 heavy (non-hydrogen) atoms. The molecule has 1 unspecified atom stereocenters. The van der Waals surface area contributed by atoms with Crippen molar-refractivity contribution in [3.05, 3.63) is 29.8 Å². The summed E-state index contributed by atoms with van der Waals surface area (Å²) in [5.74, 6) is 2.21. The number of benzene rings is 1. The van der Waals surface area contributed by atoms with Gasteiger partial charge >= 0.3 is 0 Å². The highest BCUT2D eigenvalue weighted by molar-refractivity contribution is 7.99. The van der Waals surface area contributed by atoms with Gasteiger partial charge in [-0.25, -0.2) is 8.42 Å². The Bertz CT molecular complexity index is 610. The van der Waals surface area contributed by atoms with Crippen molar-refractivity contribution in [1.29, 1.82) is 5.41 Å². The number of amidine groups is 1. The van der Waals surface area contributed by atoms with E-state index < -0.39 is 9.84 Å². The fourth-order valence-electron chi connectivity index (χ4n) is 2.29. The molecule has 0 aromatic heterocycles. The lowest BCUT2D eigenvalue weighted by Crippen LogP contribution is -2.35. The maximum atomic E-state index is 12.4. The molecule has 0 bridgehead atoms. The Morgan fingerprint density at radius 2 is 2.29 bits per heavy atom. The number of hydrogen-bond acceptors (Lipinski definition) is 5. The van der Waals surface area contributed by atoms with Crippen molar-refractivity contribution in [1.82, 2.24) is 4.90 Å². The fourth-order valence-corrected chi connectivity index (χ4v) is 4.95. The summed E-state index contributed by atoms with van der Waals surface area (Å²) in [5, 5.41) is 7.39. The van der Waals surface area contributed by atoms with Gasteiger partial charge in [-0.1, -0.05) is 12.1 Å². The first kappa shape index (κ1) is 16.3. The molecule has 0 aliphatic carbocycles. The van der Waals surface area contributed by atoms with Crippen molar-refractivity contribution in [2.24, 2.45) is 5.73 Å². The van der Waals surface area contributed by atoms with Crippen molar-refractivity contribution in [3.63, 3.8) is 0 Å². The zero-order valence-corrected chi connectivity index (χ0v) is 13.7. The average Bonchev–Trinajstić information content (AvgIpc) is 2.99. The maximum absolute atomic E-state index is 12.4. The van der Waals surface area contributed by atoms with Gasteiger partial charge in [0.2, 0.25) is 0 Å². The summed E-state index contributed by atoms with van der Waals surface area (Å²) in [4.78, 5) is 2.37. The lowest BCUT2D eigenvalue weighted by Gasteiger charge is -2.23. The van der Waals surface area contributed by atoms with Crippen LogP contribution in [0.5, 0.6) is 0 Å². The quantitative estimate of drug-likeness (QED) is 0.605. The van der Waals surface area contributed by atoms with Crippen molar-refractivity contribution >= 4 is 27.4 Å². The SMILES string of the molecule is CN(CCS(=O)(=O)c1cccc(C(=N)N)c1)C1CCSC1. The van der Waals surface area contributed by atoms with Gasteiger partial charge in [-0.3, -0.25) is 5.41 Å². The van der Waals surface area contributed by atoms with E-state index in [1.807, 2.05) is 18.8 Å². The summed E-state index contributed by atoms with van der Waals surface area (Å²) < 4.78 is 24.8. The van der Waals surface area contributed by atoms with E-state index in [1.165, 1.54) is 6.07 Å². The number of nitrogens with two attached hydrogens (primary N) is 1. The second kappa shape index (κ2) is 6.81. The lowest BCUT2D eigenvalue weighted by atomic mass is 10.2. The molecule has 1 saturated heterocycles. The van der Waals surface area contributed by atoms with Crippen LogP contribution in [0, 0.1) is 5.41 Å². The van der Waals surface area contributed by atoms with Gasteiger partial charge in [-0.05, 0) is 31.4 Å². The van der Waals surface area contributed by atoms with Crippen LogP contribution >= 0.6 is 11.8 Å². The van der Waals surface area contributed by atoms with Gasteiger partial charge in [-0.2, -0.15) is 11.8 Å². The minimum Gasteiger partial charge on any atom is -0.384 e. The number of hydrogen-bond donors (Lipinski definition) is 2. The third kappa shape index (κ3) is 4.21. The number of nitrogen functional groups attached to an aromatic ring is 1. The molecule has 0 amide bonds. The molecule has 1 aliphatic heterocycles. The predicted molar refractivity (Wildman–Crippen MR) is 87.9 cm³/mol. The Morgan fingerprint density at radius 1 is 1.52 bits per heavy atom. The van der Waals surface area contributed by atoms with Crippen molar-refractivity contribution in [2.45, 2.75) is 17.4 Å². The molecule has 1 aromatic carbocycles. The molecule has 1 aliphatic rings. The topological polar surface area (TPSA) is 87.2 Å². The molecule has 0 saturated carbocycles. The van der Waals surface area contributed by atoms with Crippen LogP contribution in [0.4, 0.5) is 0 Å². The highest BCUT2D eigenvalue weighted by atomic mass is 32.2. The Morgan fingerprint density at radius 3 is 2.90 bits per heavy atom. The first-order valence-corrected chi connectivity index (χ1v) is 9.66. The molecule has 3 N–H and O–H groups in total. The van der Waals surface area contributed by atoms with Crippen LogP contribution in [0.25, 0.3) is 0 Å². The van der Waals surface area contributed by atoms with Crippen LogP contribution in [0.2, 0.25) is 0 Å².